The molecule has 8 heteroatoms. The van der Waals surface area contributed by atoms with E-state index in [1.807, 2.05) is 13.8 Å². The molecule has 0 spiro atoms. The van der Waals surface area contributed by atoms with Gasteiger partial charge in [-0.25, -0.2) is 0 Å². The quantitative estimate of drug-likeness (QED) is 0.338. The number of nitro benzene ring substituents is 1. The van der Waals surface area contributed by atoms with Gasteiger partial charge in [-0.3, -0.25) is 14.9 Å². The standard InChI is InChI=1S/C16H26N4O3.ClH/c1-3-16(17,4-2)12-19-15(21)6-5-11-18-13-7-9-14(10-8-13)20(22)23;/h7-10,18H,3-6,11-12,17H2,1-2H3,(H,19,21);1H. The molecule has 24 heavy (non-hydrogen) atoms. The Labute approximate surface area is 148 Å². The van der Waals surface area contributed by atoms with Gasteiger partial charge in [0, 0.05) is 42.9 Å². The highest BCUT2D eigenvalue weighted by atomic mass is 35.5. The Morgan fingerprint density at radius 2 is 1.83 bits per heavy atom. The Morgan fingerprint density at radius 3 is 2.33 bits per heavy atom. The van der Waals surface area contributed by atoms with Crippen molar-refractivity contribution in [3.05, 3.63) is 34.4 Å². The first-order valence-corrected chi connectivity index (χ1v) is 7.94. The molecule has 0 radical (unpaired) electrons. The zero-order chi connectivity index (χ0) is 17.3. The molecular formula is C16H27ClN4O3. The van der Waals surface area contributed by atoms with E-state index in [0.717, 1.165) is 18.5 Å². The van der Waals surface area contributed by atoms with E-state index in [9.17, 15) is 14.9 Å². The van der Waals surface area contributed by atoms with Crippen LogP contribution in [0.1, 0.15) is 39.5 Å². The smallest absolute Gasteiger partial charge is 0.269 e. The molecule has 0 aromatic heterocycles. The van der Waals surface area contributed by atoms with Crippen molar-refractivity contribution in [1.82, 2.24) is 5.32 Å². The van der Waals surface area contributed by atoms with Gasteiger partial charge in [0.05, 0.1) is 4.92 Å². The molecule has 0 saturated heterocycles. The van der Waals surface area contributed by atoms with Crippen LogP contribution in [0.3, 0.4) is 0 Å². The summed E-state index contributed by atoms with van der Waals surface area (Å²) < 4.78 is 0. The van der Waals surface area contributed by atoms with Crippen molar-refractivity contribution in [3.63, 3.8) is 0 Å². The summed E-state index contributed by atoms with van der Waals surface area (Å²) in [6, 6.07) is 6.21. The number of rotatable bonds is 10. The van der Waals surface area contributed by atoms with Crippen LogP contribution >= 0.6 is 12.4 Å². The number of non-ortho nitro benzene ring substituents is 1. The number of hydrogen-bond donors (Lipinski definition) is 3. The number of carbonyl (C=O) groups is 1. The van der Waals surface area contributed by atoms with Crippen LogP contribution in [-0.2, 0) is 4.79 Å². The summed E-state index contributed by atoms with van der Waals surface area (Å²) in [5, 5.41) is 16.6. The number of amides is 1. The lowest BCUT2D eigenvalue weighted by atomic mass is 9.94. The van der Waals surface area contributed by atoms with Crippen LogP contribution < -0.4 is 16.4 Å². The van der Waals surface area contributed by atoms with E-state index < -0.39 is 4.92 Å². The minimum atomic E-state index is -0.432. The van der Waals surface area contributed by atoms with Crippen LogP contribution in [0.25, 0.3) is 0 Å². The summed E-state index contributed by atoms with van der Waals surface area (Å²) >= 11 is 0. The number of anilines is 1. The molecule has 0 bridgehead atoms. The fourth-order valence-electron chi connectivity index (χ4n) is 2.05. The van der Waals surface area contributed by atoms with Crippen molar-refractivity contribution in [2.75, 3.05) is 18.4 Å². The fourth-order valence-corrected chi connectivity index (χ4v) is 2.05. The topological polar surface area (TPSA) is 110 Å². The monoisotopic (exact) mass is 358 g/mol. The maximum absolute atomic E-state index is 11.8. The normalized spacial score (nSPS) is 10.6. The van der Waals surface area contributed by atoms with E-state index in [4.69, 9.17) is 5.73 Å². The van der Waals surface area contributed by atoms with Crippen molar-refractivity contribution in [3.8, 4) is 0 Å². The van der Waals surface area contributed by atoms with Crippen LogP contribution in [0.4, 0.5) is 11.4 Å². The lowest BCUT2D eigenvalue weighted by Gasteiger charge is -2.26. The highest BCUT2D eigenvalue weighted by Crippen LogP contribution is 2.15. The zero-order valence-electron chi connectivity index (χ0n) is 14.2. The molecule has 0 atom stereocenters. The van der Waals surface area contributed by atoms with E-state index in [1.165, 1.54) is 12.1 Å². The minimum Gasteiger partial charge on any atom is -0.385 e. The maximum Gasteiger partial charge on any atom is 0.269 e. The molecule has 4 N–H and O–H groups in total. The molecule has 0 fully saturated rings. The third kappa shape index (κ3) is 7.61. The van der Waals surface area contributed by atoms with E-state index in [1.54, 1.807) is 12.1 Å². The Hall–Kier alpha value is -1.86. The molecule has 1 rings (SSSR count). The number of nitrogens with zero attached hydrogens (tertiary/aromatic N) is 1. The van der Waals surface area contributed by atoms with Crippen LogP contribution in [-0.4, -0.2) is 29.5 Å². The van der Waals surface area contributed by atoms with Gasteiger partial charge in [-0.05, 0) is 31.4 Å². The van der Waals surface area contributed by atoms with Crippen molar-refractivity contribution in [1.29, 1.82) is 0 Å². The second kappa shape index (κ2) is 10.8. The SMILES string of the molecule is CCC(N)(CC)CNC(=O)CCCNc1ccc([N+](=O)[O-])cc1.Cl. The summed E-state index contributed by atoms with van der Waals surface area (Å²) in [5.74, 6) is -0.00720. The molecule has 7 nitrogen and oxygen atoms in total. The predicted molar refractivity (Wildman–Crippen MR) is 98.6 cm³/mol. The van der Waals surface area contributed by atoms with Crippen LogP contribution in [0, 0.1) is 10.1 Å². The molecule has 136 valence electrons. The number of halogens is 1. The van der Waals surface area contributed by atoms with E-state index in [0.29, 0.717) is 25.9 Å². The maximum atomic E-state index is 11.8. The van der Waals surface area contributed by atoms with Gasteiger partial charge < -0.3 is 16.4 Å². The van der Waals surface area contributed by atoms with Gasteiger partial charge in [0.25, 0.3) is 5.69 Å². The second-order valence-electron chi connectivity index (χ2n) is 5.68. The van der Waals surface area contributed by atoms with Crippen molar-refractivity contribution >= 4 is 29.7 Å². The first-order valence-electron chi connectivity index (χ1n) is 7.94. The molecular weight excluding hydrogens is 332 g/mol. The van der Waals surface area contributed by atoms with E-state index in [-0.39, 0.29) is 29.5 Å². The van der Waals surface area contributed by atoms with Gasteiger partial charge in [-0.15, -0.1) is 12.4 Å². The van der Waals surface area contributed by atoms with Crippen LogP contribution in [0.2, 0.25) is 0 Å². The zero-order valence-corrected chi connectivity index (χ0v) is 15.0. The van der Waals surface area contributed by atoms with Gasteiger partial charge in [-0.1, -0.05) is 13.8 Å². The second-order valence-corrected chi connectivity index (χ2v) is 5.68. The Kier molecular flexibility index (Phi) is 9.99. The molecule has 1 amide bonds. The highest BCUT2D eigenvalue weighted by Gasteiger charge is 2.20. The lowest BCUT2D eigenvalue weighted by molar-refractivity contribution is -0.384. The van der Waals surface area contributed by atoms with E-state index in [2.05, 4.69) is 10.6 Å². The van der Waals surface area contributed by atoms with Gasteiger partial charge in [0.15, 0.2) is 0 Å². The number of nitrogens with one attached hydrogen (secondary N) is 2. The van der Waals surface area contributed by atoms with E-state index >= 15 is 0 Å². The van der Waals surface area contributed by atoms with Gasteiger partial charge in [0.1, 0.15) is 0 Å². The fraction of sp³-hybridized carbons (Fsp3) is 0.562. The Bertz CT molecular complexity index is 519. The van der Waals surface area contributed by atoms with Crippen LogP contribution in [0.15, 0.2) is 24.3 Å². The molecule has 0 aliphatic rings. The molecule has 0 aliphatic heterocycles. The van der Waals surface area contributed by atoms with Crippen molar-refractivity contribution < 1.29 is 9.72 Å². The number of hydrogen-bond acceptors (Lipinski definition) is 5. The lowest BCUT2D eigenvalue weighted by Crippen LogP contribution is -2.49. The molecule has 0 unspecified atom stereocenters. The van der Waals surface area contributed by atoms with Crippen molar-refractivity contribution in [2.45, 2.75) is 45.1 Å². The summed E-state index contributed by atoms with van der Waals surface area (Å²) in [6.45, 7) is 5.16. The molecule has 0 saturated carbocycles. The largest absolute Gasteiger partial charge is 0.385 e. The average molecular weight is 359 g/mol. The summed E-state index contributed by atoms with van der Waals surface area (Å²) in [4.78, 5) is 21.9. The highest BCUT2D eigenvalue weighted by molar-refractivity contribution is 5.85. The first kappa shape index (κ1) is 22.1. The summed E-state index contributed by atoms with van der Waals surface area (Å²) in [5.41, 5.74) is 6.67. The predicted octanol–water partition coefficient (Wildman–Crippen LogP) is 2.84. The number of benzene rings is 1. The van der Waals surface area contributed by atoms with Crippen molar-refractivity contribution in [2.24, 2.45) is 5.73 Å². The van der Waals surface area contributed by atoms with Crippen LogP contribution in [0.5, 0.6) is 0 Å². The molecule has 0 aliphatic carbocycles. The Morgan fingerprint density at radius 1 is 1.25 bits per heavy atom. The number of nitro groups is 1. The summed E-state index contributed by atoms with van der Waals surface area (Å²) in [6.07, 6.45) is 2.75. The summed E-state index contributed by atoms with van der Waals surface area (Å²) in [7, 11) is 0. The average Bonchev–Trinajstić information content (AvgIpc) is 2.57. The van der Waals surface area contributed by atoms with Gasteiger partial charge in [-0.2, -0.15) is 0 Å². The number of nitrogens with two attached hydrogens (primary N) is 1. The first-order chi connectivity index (χ1) is 10.9. The minimum absolute atomic E-state index is 0. The third-order valence-electron chi connectivity index (χ3n) is 4.03. The molecule has 1 aromatic rings. The third-order valence-corrected chi connectivity index (χ3v) is 4.03. The molecule has 1 aromatic carbocycles. The van der Waals surface area contributed by atoms with Gasteiger partial charge >= 0.3 is 0 Å². The molecule has 0 heterocycles. The van der Waals surface area contributed by atoms with Gasteiger partial charge in [0.2, 0.25) is 5.91 Å². The number of carbonyl (C=O) groups excluding carboxylic acids is 1. The Balaban J connectivity index is 0.00000529.